The first kappa shape index (κ1) is 20.9. The van der Waals surface area contributed by atoms with Crippen molar-refractivity contribution in [1.82, 2.24) is 24.1 Å². The number of benzene rings is 2. The predicted octanol–water partition coefficient (Wildman–Crippen LogP) is 5.66. The van der Waals surface area contributed by atoms with Gasteiger partial charge in [-0.15, -0.1) is 21.5 Å². The average Bonchev–Trinajstić information content (AvgIpc) is 3.60. The molecule has 0 aliphatic carbocycles. The van der Waals surface area contributed by atoms with Gasteiger partial charge >= 0.3 is 0 Å². The Bertz CT molecular complexity index is 1710. The van der Waals surface area contributed by atoms with Crippen LogP contribution in [0.1, 0.15) is 16.8 Å². The second-order valence-corrected chi connectivity index (χ2v) is 9.87. The Morgan fingerprint density at radius 2 is 1.94 bits per heavy atom. The van der Waals surface area contributed by atoms with Crippen molar-refractivity contribution in [3.05, 3.63) is 93.4 Å². The van der Waals surface area contributed by atoms with E-state index >= 15 is 0 Å². The second-order valence-electron chi connectivity index (χ2n) is 7.98. The second kappa shape index (κ2) is 8.27. The summed E-state index contributed by atoms with van der Waals surface area (Å²) in [6.45, 7) is 4.04. The van der Waals surface area contributed by atoms with Gasteiger partial charge < -0.3 is 4.42 Å². The minimum absolute atomic E-state index is 0.115. The predicted molar refractivity (Wildman–Crippen MR) is 135 cm³/mol. The molecule has 0 radical (unpaired) electrons. The van der Waals surface area contributed by atoms with Crippen molar-refractivity contribution < 1.29 is 4.42 Å². The molecule has 4 heterocycles. The molecule has 0 amide bonds. The van der Waals surface area contributed by atoms with Crippen LogP contribution in [0.2, 0.25) is 0 Å². The molecule has 0 aliphatic rings. The number of aryl methyl sites for hydroxylation is 2. The van der Waals surface area contributed by atoms with Crippen molar-refractivity contribution in [2.24, 2.45) is 0 Å². The fourth-order valence-electron chi connectivity index (χ4n) is 4.07. The van der Waals surface area contributed by atoms with Crippen LogP contribution in [0.5, 0.6) is 0 Å². The summed E-state index contributed by atoms with van der Waals surface area (Å²) in [7, 11) is 0. The van der Waals surface area contributed by atoms with E-state index in [0.29, 0.717) is 28.0 Å². The van der Waals surface area contributed by atoms with Gasteiger partial charge in [0.05, 0.1) is 27.2 Å². The van der Waals surface area contributed by atoms with Crippen molar-refractivity contribution in [2.45, 2.75) is 24.8 Å². The molecule has 9 heteroatoms. The van der Waals surface area contributed by atoms with Gasteiger partial charge in [-0.05, 0) is 49.1 Å². The van der Waals surface area contributed by atoms with E-state index in [9.17, 15) is 4.79 Å². The first-order valence-electron chi connectivity index (χ1n) is 10.7. The van der Waals surface area contributed by atoms with Crippen LogP contribution < -0.4 is 5.56 Å². The Labute approximate surface area is 202 Å². The molecule has 0 aliphatic heterocycles. The highest BCUT2D eigenvalue weighted by Gasteiger charge is 2.19. The maximum absolute atomic E-state index is 13.5. The third kappa shape index (κ3) is 3.44. The quantitative estimate of drug-likeness (QED) is 0.293. The summed E-state index contributed by atoms with van der Waals surface area (Å²) in [5, 5.41) is 12.2. The maximum atomic E-state index is 13.5. The topological polar surface area (TPSA) is 78.2 Å². The molecule has 7 nitrogen and oxygen atoms in total. The van der Waals surface area contributed by atoms with E-state index in [1.54, 1.807) is 22.2 Å². The molecule has 6 rings (SSSR count). The lowest BCUT2D eigenvalue weighted by Crippen LogP contribution is -2.22. The Morgan fingerprint density at radius 1 is 1.06 bits per heavy atom. The largest absolute Gasteiger partial charge is 0.444 e. The Kier molecular flexibility index (Phi) is 5.08. The van der Waals surface area contributed by atoms with Crippen LogP contribution in [0, 0.1) is 13.8 Å². The molecule has 0 saturated carbocycles. The Balaban J connectivity index is 1.47. The molecule has 0 saturated heterocycles. The van der Waals surface area contributed by atoms with Gasteiger partial charge in [-0.2, -0.15) is 0 Å². The van der Waals surface area contributed by atoms with Crippen molar-refractivity contribution in [3.63, 3.8) is 0 Å². The lowest BCUT2D eigenvalue weighted by molar-refractivity contribution is 0.575. The summed E-state index contributed by atoms with van der Waals surface area (Å²) in [6.07, 6.45) is 1.68. The molecular weight excluding hydrogens is 466 g/mol. The molecule has 34 heavy (non-hydrogen) atoms. The number of para-hydroxylation sites is 1. The average molecular weight is 486 g/mol. The van der Waals surface area contributed by atoms with Crippen LogP contribution in [0.15, 0.2) is 80.6 Å². The first-order chi connectivity index (χ1) is 16.6. The number of fused-ring (bicyclic) bond motifs is 3. The van der Waals surface area contributed by atoms with Gasteiger partial charge in [-0.3, -0.25) is 9.20 Å². The number of oxazole rings is 1. The summed E-state index contributed by atoms with van der Waals surface area (Å²) in [4.78, 5) is 19.1. The SMILES string of the molecule is Cc1ccc(-n2c(=O)c3ccccc3n3c(SCc4coc(-c5cccs5)n4)nnc23)c(C)c1. The number of hydrogen-bond acceptors (Lipinski definition) is 7. The van der Waals surface area contributed by atoms with E-state index < -0.39 is 0 Å². The maximum Gasteiger partial charge on any atom is 0.267 e. The van der Waals surface area contributed by atoms with Crippen LogP contribution in [-0.4, -0.2) is 24.1 Å². The number of thiophene rings is 1. The molecule has 6 aromatic rings. The van der Waals surface area contributed by atoms with E-state index in [1.807, 2.05) is 72.2 Å². The Morgan fingerprint density at radius 3 is 2.76 bits per heavy atom. The van der Waals surface area contributed by atoms with E-state index in [4.69, 9.17) is 4.42 Å². The third-order valence-corrected chi connectivity index (χ3v) is 7.44. The zero-order valence-electron chi connectivity index (χ0n) is 18.4. The fraction of sp³-hybridized carbons (Fsp3) is 0.120. The Hall–Kier alpha value is -3.69. The summed E-state index contributed by atoms with van der Waals surface area (Å²) < 4.78 is 9.25. The van der Waals surface area contributed by atoms with Crippen LogP contribution in [0.3, 0.4) is 0 Å². The lowest BCUT2D eigenvalue weighted by atomic mass is 10.1. The first-order valence-corrected chi connectivity index (χ1v) is 12.5. The summed E-state index contributed by atoms with van der Waals surface area (Å²) in [6, 6.07) is 17.5. The molecular formula is C25H19N5O2S2. The number of thioether (sulfide) groups is 1. The number of rotatable bonds is 5. The van der Waals surface area contributed by atoms with Gasteiger partial charge in [0.1, 0.15) is 6.26 Å². The number of aromatic nitrogens is 5. The highest BCUT2D eigenvalue weighted by atomic mass is 32.2. The van der Waals surface area contributed by atoms with E-state index in [0.717, 1.165) is 32.9 Å². The van der Waals surface area contributed by atoms with Crippen LogP contribution in [-0.2, 0) is 5.75 Å². The summed E-state index contributed by atoms with van der Waals surface area (Å²) >= 11 is 3.10. The zero-order chi connectivity index (χ0) is 23.2. The summed E-state index contributed by atoms with van der Waals surface area (Å²) in [5.41, 5.74) is 4.41. The van der Waals surface area contributed by atoms with Crippen molar-refractivity contribution in [1.29, 1.82) is 0 Å². The van der Waals surface area contributed by atoms with Crippen molar-refractivity contribution in [2.75, 3.05) is 0 Å². The molecule has 4 aromatic heterocycles. The zero-order valence-corrected chi connectivity index (χ0v) is 20.1. The van der Waals surface area contributed by atoms with Crippen LogP contribution >= 0.6 is 23.1 Å². The monoisotopic (exact) mass is 485 g/mol. The molecule has 0 bridgehead atoms. The van der Waals surface area contributed by atoms with Crippen molar-refractivity contribution in [3.8, 4) is 16.5 Å². The van der Waals surface area contributed by atoms with Gasteiger partial charge in [-0.25, -0.2) is 9.55 Å². The van der Waals surface area contributed by atoms with Crippen molar-refractivity contribution >= 4 is 39.8 Å². The lowest BCUT2D eigenvalue weighted by Gasteiger charge is -2.13. The molecule has 0 fully saturated rings. The summed E-state index contributed by atoms with van der Waals surface area (Å²) in [5.74, 6) is 1.66. The highest BCUT2D eigenvalue weighted by Crippen LogP contribution is 2.28. The molecule has 0 spiro atoms. The fourth-order valence-corrected chi connectivity index (χ4v) is 5.54. The molecule has 168 valence electrons. The standard InChI is InChI=1S/C25H19N5O2S2/c1-15-9-10-19(16(2)12-15)29-23(31)18-6-3-4-7-20(18)30-24(29)27-28-25(30)34-14-17-13-32-22(26-17)21-8-5-11-33-21/h3-13H,14H2,1-2H3. The van der Waals surface area contributed by atoms with Gasteiger partial charge in [0.25, 0.3) is 5.56 Å². The number of hydrogen-bond donors (Lipinski definition) is 0. The van der Waals surface area contributed by atoms with Gasteiger partial charge in [0.15, 0.2) is 5.16 Å². The molecule has 0 atom stereocenters. The normalized spacial score (nSPS) is 11.6. The van der Waals surface area contributed by atoms with Crippen LogP contribution in [0.4, 0.5) is 0 Å². The minimum atomic E-state index is -0.115. The molecule has 2 aromatic carbocycles. The number of nitrogens with zero attached hydrogens (tertiary/aromatic N) is 5. The van der Waals surface area contributed by atoms with Gasteiger partial charge in [0.2, 0.25) is 11.7 Å². The smallest absolute Gasteiger partial charge is 0.267 e. The van der Waals surface area contributed by atoms with E-state index in [1.165, 1.54) is 11.8 Å². The highest BCUT2D eigenvalue weighted by molar-refractivity contribution is 7.98. The minimum Gasteiger partial charge on any atom is -0.444 e. The third-order valence-electron chi connectivity index (χ3n) is 5.62. The van der Waals surface area contributed by atoms with Crippen LogP contribution in [0.25, 0.3) is 33.1 Å². The van der Waals surface area contributed by atoms with E-state index in [-0.39, 0.29) is 5.56 Å². The molecule has 0 unspecified atom stereocenters. The van der Waals surface area contributed by atoms with Gasteiger partial charge in [-0.1, -0.05) is 47.7 Å². The molecule has 0 N–H and O–H groups in total. The van der Waals surface area contributed by atoms with Gasteiger partial charge in [0, 0.05) is 5.75 Å². The van der Waals surface area contributed by atoms with E-state index in [2.05, 4.69) is 21.2 Å².